The van der Waals surface area contributed by atoms with Gasteiger partial charge in [-0.1, -0.05) is 44.5 Å². The van der Waals surface area contributed by atoms with E-state index in [9.17, 15) is 0 Å². The molecule has 1 aromatic carbocycles. The number of methoxy groups -OCH3 is 2. The van der Waals surface area contributed by atoms with Crippen molar-refractivity contribution in [3.63, 3.8) is 0 Å². The number of aromatic nitrogens is 1. The first-order chi connectivity index (χ1) is 15.4. The first kappa shape index (κ1) is 22.4. The van der Waals surface area contributed by atoms with Crippen molar-refractivity contribution in [3.8, 4) is 11.6 Å². The largest absolute Gasteiger partial charge is 0.497 e. The Hall–Kier alpha value is -2.79. The molecule has 0 radical (unpaired) electrons. The van der Waals surface area contributed by atoms with Crippen molar-refractivity contribution in [1.82, 2.24) is 9.88 Å². The summed E-state index contributed by atoms with van der Waals surface area (Å²) in [7, 11) is 3.43. The van der Waals surface area contributed by atoms with Gasteiger partial charge in [0.15, 0.2) is 5.76 Å². The number of hydrogen-bond donors (Lipinski definition) is 0. The van der Waals surface area contributed by atoms with E-state index < -0.39 is 0 Å². The third-order valence-corrected chi connectivity index (χ3v) is 6.32. The van der Waals surface area contributed by atoms with Crippen LogP contribution in [0.25, 0.3) is 0 Å². The molecule has 1 aliphatic carbocycles. The Balaban J connectivity index is 1.39. The maximum Gasteiger partial charge on any atom is 0.219 e. The Morgan fingerprint density at radius 1 is 1.03 bits per heavy atom. The molecule has 0 bridgehead atoms. The van der Waals surface area contributed by atoms with Gasteiger partial charge in [0.2, 0.25) is 5.88 Å². The number of fused-ring (bicyclic) bond motifs is 1. The molecular formula is C27H34N2O3. The molecule has 2 heterocycles. The van der Waals surface area contributed by atoms with E-state index >= 15 is 0 Å². The molecule has 0 spiro atoms. The molecule has 2 aliphatic rings. The van der Waals surface area contributed by atoms with Gasteiger partial charge in [0.25, 0.3) is 0 Å². The minimum absolute atomic E-state index is 0.128. The molecule has 1 aliphatic heterocycles. The van der Waals surface area contributed by atoms with Crippen LogP contribution in [0.2, 0.25) is 0 Å². The van der Waals surface area contributed by atoms with E-state index in [1.54, 1.807) is 14.2 Å². The van der Waals surface area contributed by atoms with Gasteiger partial charge in [-0.05, 0) is 41.7 Å². The van der Waals surface area contributed by atoms with E-state index in [-0.39, 0.29) is 5.41 Å². The lowest BCUT2D eigenvalue weighted by Crippen LogP contribution is -2.37. The van der Waals surface area contributed by atoms with Crippen molar-refractivity contribution in [2.45, 2.75) is 45.6 Å². The molecule has 5 heteroatoms. The van der Waals surface area contributed by atoms with Crippen molar-refractivity contribution in [2.75, 3.05) is 27.3 Å². The zero-order chi connectivity index (χ0) is 22.7. The third kappa shape index (κ3) is 5.16. The summed E-state index contributed by atoms with van der Waals surface area (Å²) >= 11 is 0. The van der Waals surface area contributed by atoms with E-state index in [0.29, 0.717) is 11.8 Å². The van der Waals surface area contributed by atoms with E-state index in [4.69, 9.17) is 19.2 Å². The van der Waals surface area contributed by atoms with Crippen LogP contribution in [-0.2, 0) is 21.4 Å². The first-order valence-electron chi connectivity index (χ1n) is 11.3. The Morgan fingerprint density at radius 3 is 2.50 bits per heavy atom. The molecule has 0 saturated carbocycles. The lowest BCUT2D eigenvalue weighted by molar-refractivity contribution is 0.164. The summed E-state index contributed by atoms with van der Waals surface area (Å²) < 4.78 is 17.1. The molecule has 170 valence electrons. The summed E-state index contributed by atoms with van der Waals surface area (Å²) in [6.07, 6.45) is 4.11. The Morgan fingerprint density at radius 2 is 1.81 bits per heavy atom. The SMILES string of the molecule is COC1=C(OC)CC2CN(Cc3cccc(Oc4ccc(C(C)(C)C)cc4)n3)CCC2=C1. The van der Waals surface area contributed by atoms with Crippen LogP contribution in [0.4, 0.5) is 0 Å². The van der Waals surface area contributed by atoms with Crippen molar-refractivity contribution >= 4 is 0 Å². The van der Waals surface area contributed by atoms with E-state index in [1.165, 1.54) is 11.1 Å². The molecule has 1 saturated heterocycles. The smallest absolute Gasteiger partial charge is 0.219 e. The summed E-state index contributed by atoms with van der Waals surface area (Å²) in [5, 5.41) is 0. The summed E-state index contributed by atoms with van der Waals surface area (Å²) in [5.74, 6) is 3.72. The molecule has 32 heavy (non-hydrogen) atoms. The third-order valence-electron chi connectivity index (χ3n) is 6.32. The van der Waals surface area contributed by atoms with Crippen molar-refractivity contribution in [2.24, 2.45) is 5.92 Å². The number of likely N-dealkylation sites (tertiary alicyclic amines) is 1. The van der Waals surface area contributed by atoms with Gasteiger partial charge in [0.05, 0.1) is 19.9 Å². The van der Waals surface area contributed by atoms with Crippen molar-refractivity contribution in [1.29, 1.82) is 0 Å². The topological polar surface area (TPSA) is 43.8 Å². The Bertz CT molecular complexity index is 1000. The molecule has 0 amide bonds. The van der Waals surface area contributed by atoms with Crippen molar-refractivity contribution in [3.05, 3.63) is 76.9 Å². The summed E-state index contributed by atoms with van der Waals surface area (Å²) in [4.78, 5) is 7.23. The van der Waals surface area contributed by atoms with Gasteiger partial charge in [-0.2, -0.15) is 0 Å². The van der Waals surface area contributed by atoms with E-state index in [1.807, 2.05) is 24.3 Å². The van der Waals surface area contributed by atoms with Crippen LogP contribution >= 0.6 is 0 Å². The number of allylic oxidation sites excluding steroid dienone is 2. The van der Waals surface area contributed by atoms with Gasteiger partial charge in [0, 0.05) is 38.0 Å². The fraction of sp³-hybridized carbons (Fsp3) is 0.444. The lowest BCUT2D eigenvalue weighted by atomic mass is 9.84. The minimum atomic E-state index is 0.128. The standard InChI is InChI=1S/C27H34N2O3/c1-27(2,3)21-9-11-23(12-10-21)32-26-8-6-7-22(28-26)18-29-14-13-19-15-24(30-4)25(31-5)16-20(19)17-29/h6-12,15,20H,13-14,16-18H2,1-5H3. The van der Waals surface area contributed by atoms with Crippen LogP contribution in [0.3, 0.4) is 0 Å². The fourth-order valence-corrected chi connectivity index (χ4v) is 4.45. The Kier molecular flexibility index (Phi) is 6.56. The van der Waals surface area contributed by atoms with Crippen LogP contribution < -0.4 is 4.74 Å². The second-order valence-electron chi connectivity index (χ2n) is 9.64. The maximum atomic E-state index is 6.04. The second-order valence-corrected chi connectivity index (χ2v) is 9.64. The van der Waals surface area contributed by atoms with Crippen LogP contribution in [-0.4, -0.2) is 37.2 Å². The molecule has 1 atom stereocenters. The zero-order valence-electron chi connectivity index (χ0n) is 19.9. The predicted octanol–water partition coefficient (Wildman–Crippen LogP) is 5.83. The number of hydrogen-bond acceptors (Lipinski definition) is 5. The molecule has 5 nitrogen and oxygen atoms in total. The normalized spacial score (nSPS) is 19.3. The van der Waals surface area contributed by atoms with Gasteiger partial charge in [-0.25, -0.2) is 4.98 Å². The molecule has 2 aromatic rings. The highest BCUT2D eigenvalue weighted by atomic mass is 16.5. The number of ether oxygens (including phenoxy) is 3. The van der Waals surface area contributed by atoms with Gasteiger partial charge in [-0.3, -0.25) is 4.90 Å². The lowest BCUT2D eigenvalue weighted by Gasteiger charge is -2.37. The average Bonchev–Trinajstić information content (AvgIpc) is 2.78. The van der Waals surface area contributed by atoms with Gasteiger partial charge < -0.3 is 14.2 Å². The van der Waals surface area contributed by atoms with Crippen LogP contribution in [0.1, 0.15) is 44.9 Å². The number of nitrogens with zero attached hydrogens (tertiary/aromatic N) is 2. The number of benzene rings is 1. The first-order valence-corrected chi connectivity index (χ1v) is 11.3. The molecule has 1 aromatic heterocycles. The van der Waals surface area contributed by atoms with Crippen LogP contribution in [0.5, 0.6) is 11.6 Å². The number of piperidine rings is 1. The quantitative estimate of drug-likeness (QED) is 0.572. The Labute approximate surface area is 191 Å². The highest BCUT2D eigenvalue weighted by Gasteiger charge is 2.30. The molecular weight excluding hydrogens is 400 g/mol. The van der Waals surface area contributed by atoms with Gasteiger partial charge in [0.1, 0.15) is 11.5 Å². The minimum Gasteiger partial charge on any atom is -0.497 e. The molecule has 4 rings (SSSR count). The van der Waals surface area contributed by atoms with Crippen LogP contribution in [0.15, 0.2) is 65.6 Å². The predicted molar refractivity (Wildman–Crippen MR) is 127 cm³/mol. The molecule has 0 N–H and O–H groups in total. The summed E-state index contributed by atoms with van der Waals surface area (Å²) in [6, 6.07) is 14.3. The monoisotopic (exact) mass is 434 g/mol. The van der Waals surface area contributed by atoms with E-state index in [2.05, 4.69) is 49.9 Å². The van der Waals surface area contributed by atoms with Gasteiger partial charge in [-0.15, -0.1) is 0 Å². The molecule has 1 fully saturated rings. The summed E-state index contributed by atoms with van der Waals surface area (Å²) in [5.41, 5.74) is 3.90. The van der Waals surface area contributed by atoms with Crippen molar-refractivity contribution < 1.29 is 14.2 Å². The highest BCUT2D eigenvalue weighted by molar-refractivity contribution is 5.34. The fourth-order valence-electron chi connectivity index (χ4n) is 4.45. The zero-order valence-corrected chi connectivity index (χ0v) is 19.9. The summed E-state index contributed by atoms with van der Waals surface area (Å²) in [6.45, 7) is 9.46. The highest BCUT2D eigenvalue weighted by Crippen LogP contribution is 2.35. The average molecular weight is 435 g/mol. The second kappa shape index (κ2) is 9.37. The van der Waals surface area contributed by atoms with E-state index in [0.717, 1.165) is 55.4 Å². The van der Waals surface area contributed by atoms with Gasteiger partial charge >= 0.3 is 0 Å². The van der Waals surface area contributed by atoms with Crippen LogP contribution in [0, 0.1) is 5.92 Å². The maximum absolute atomic E-state index is 6.04. The molecule has 1 unspecified atom stereocenters. The number of pyridine rings is 1. The number of rotatable bonds is 6.